The molecule has 7 heteroatoms. The molecule has 0 N–H and O–H groups in total. The highest BCUT2D eigenvalue weighted by Crippen LogP contribution is 2.26. The Balaban J connectivity index is 1.49. The number of fused-ring (bicyclic) bond motifs is 1. The highest BCUT2D eigenvalue weighted by atomic mass is 35.5. The Morgan fingerprint density at radius 2 is 1.89 bits per heavy atom. The van der Waals surface area contributed by atoms with E-state index >= 15 is 0 Å². The fourth-order valence-corrected chi connectivity index (χ4v) is 3.46. The fourth-order valence-electron chi connectivity index (χ4n) is 3.33. The molecule has 144 valence electrons. The number of hydrogen-bond donors (Lipinski definition) is 0. The molecule has 0 aliphatic carbocycles. The zero-order chi connectivity index (χ0) is 19.5. The molecular formula is C21H18ClF2N3O. The maximum atomic E-state index is 12.6. The van der Waals surface area contributed by atoms with Crippen LogP contribution in [0, 0.1) is 0 Å². The Morgan fingerprint density at radius 1 is 1.11 bits per heavy atom. The quantitative estimate of drug-likeness (QED) is 0.606. The molecule has 2 heterocycles. The van der Waals surface area contributed by atoms with Gasteiger partial charge in [0.2, 0.25) is 0 Å². The molecule has 0 radical (unpaired) electrons. The summed E-state index contributed by atoms with van der Waals surface area (Å²) in [5, 5.41) is 0.674. The minimum absolute atomic E-state index is 0.220. The molecular weight excluding hydrogens is 384 g/mol. The smallest absolute Gasteiger partial charge is 0.387 e. The second-order valence-corrected chi connectivity index (χ2v) is 7.06. The summed E-state index contributed by atoms with van der Waals surface area (Å²) in [6, 6.07) is 14.3. The van der Waals surface area contributed by atoms with Gasteiger partial charge >= 0.3 is 6.61 Å². The van der Waals surface area contributed by atoms with Crippen LogP contribution in [0.25, 0.3) is 11.4 Å². The van der Waals surface area contributed by atoms with Crippen LogP contribution in [0.15, 0.2) is 54.7 Å². The molecule has 3 aromatic rings. The van der Waals surface area contributed by atoms with Crippen molar-refractivity contribution in [3.8, 4) is 17.1 Å². The van der Waals surface area contributed by atoms with Crippen LogP contribution in [0.3, 0.4) is 0 Å². The van der Waals surface area contributed by atoms with E-state index in [2.05, 4.69) is 14.6 Å². The molecule has 2 aromatic carbocycles. The largest absolute Gasteiger partial charge is 0.434 e. The van der Waals surface area contributed by atoms with Crippen molar-refractivity contribution < 1.29 is 13.5 Å². The summed E-state index contributed by atoms with van der Waals surface area (Å²) in [7, 11) is 0. The predicted octanol–water partition coefficient (Wildman–Crippen LogP) is 4.96. The Bertz CT molecular complexity index is 966. The van der Waals surface area contributed by atoms with Crippen molar-refractivity contribution in [1.29, 1.82) is 0 Å². The van der Waals surface area contributed by atoms with E-state index in [4.69, 9.17) is 16.6 Å². The van der Waals surface area contributed by atoms with Crippen molar-refractivity contribution in [2.45, 2.75) is 26.1 Å². The molecule has 0 amide bonds. The van der Waals surface area contributed by atoms with Crippen LogP contribution in [-0.2, 0) is 19.5 Å². The predicted molar refractivity (Wildman–Crippen MR) is 103 cm³/mol. The molecule has 0 fully saturated rings. The van der Waals surface area contributed by atoms with E-state index in [9.17, 15) is 8.78 Å². The maximum absolute atomic E-state index is 12.6. The topological polar surface area (TPSA) is 38.2 Å². The zero-order valence-electron chi connectivity index (χ0n) is 15.0. The normalized spacial score (nSPS) is 14.1. The Hall–Kier alpha value is -2.57. The molecule has 0 bridgehead atoms. The van der Waals surface area contributed by atoms with Gasteiger partial charge in [-0.25, -0.2) is 9.97 Å². The van der Waals surface area contributed by atoms with Crippen molar-refractivity contribution in [2.24, 2.45) is 0 Å². The van der Waals surface area contributed by atoms with Crippen LogP contribution >= 0.6 is 11.6 Å². The Morgan fingerprint density at radius 3 is 2.68 bits per heavy atom. The highest BCUT2D eigenvalue weighted by molar-refractivity contribution is 6.30. The van der Waals surface area contributed by atoms with Gasteiger partial charge in [-0.3, -0.25) is 4.90 Å². The first-order valence-electron chi connectivity index (χ1n) is 8.94. The molecule has 28 heavy (non-hydrogen) atoms. The third kappa shape index (κ3) is 4.29. The second-order valence-electron chi connectivity index (χ2n) is 6.62. The standard InChI is InChI=1S/C21H18ClF2N3O/c22-17-7-5-14(6-8-17)20-25-11-16-13-27(10-9-18(16)26-20)12-15-3-1-2-4-19(15)28-21(23)24/h1-8,11,21H,9-10,12-13H2. The zero-order valence-corrected chi connectivity index (χ0v) is 15.7. The number of hydrogen-bond acceptors (Lipinski definition) is 4. The number of aromatic nitrogens is 2. The van der Waals surface area contributed by atoms with Crippen molar-refractivity contribution in [3.05, 3.63) is 76.6 Å². The van der Waals surface area contributed by atoms with Crippen LogP contribution in [-0.4, -0.2) is 28.0 Å². The van der Waals surface area contributed by atoms with Crippen molar-refractivity contribution >= 4 is 11.6 Å². The van der Waals surface area contributed by atoms with E-state index in [1.165, 1.54) is 0 Å². The summed E-state index contributed by atoms with van der Waals surface area (Å²) in [5.41, 5.74) is 3.74. The molecule has 0 saturated carbocycles. The van der Waals surface area contributed by atoms with Gasteiger partial charge in [0, 0.05) is 54.0 Å². The van der Waals surface area contributed by atoms with Gasteiger partial charge in [-0.2, -0.15) is 8.78 Å². The lowest BCUT2D eigenvalue weighted by atomic mass is 10.1. The molecule has 1 aliphatic heterocycles. The molecule has 4 nitrogen and oxygen atoms in total. The second kappa shape index (κ2) is 8.20. The lowest BCUT2D eigenvalue weighted by Gasteiger charge is -2.28. The number of alkyl halides is 2. The van der Waals surface area contributed by atoms with E-state index in [0.29, 0.717) is 23.9 Å². The first kappa shape index (κ1) is 18.8. The van der Waals surface area contributed by atoms with Crippen LogP contribution in [0.2, 0.25) is 5.02 Å². The number of rotatable bonds is 5. The summed E-state index contributed by atoms with van der Waals surface area (Å²) in [6.07, 6.45) is 2.62. The van der Waals surface area contributed by atoms with Gasteiger partial charge in [0.1, 0.15) is 5.75 Å². The number of nitrogens with zero attached hydrogens (tertiary/aromatic N) is 3. The van der Waals surface area contributed by atoms with Gasteiger partial charge in [-0.15, -0.1) is 0 Å². The third-order valence-corrected chi connectivity index (χ3v) is 4.95. The summed E-state index contributed by atoms with van der Waals surface area (Å²) in [4.78, 5) is 11.4. The lowest BCUT2D eigenvalue weighted by Crippen LogP contribution is -2.31. The minimum Gasteiger partial charge on any atom is -0.434 e. The Labute approximate surface area is 166 Å². The molecule has 0 spiro atoms. The van der Waals surface area contributed by atoms with Gasteiger partial charge < -0.3 is 4.74 Å². The average Bonchev–Trinajstić information content (AvgIpc) is 2.69. The van der Waals surface area contributed by atoms with Crippen molar-refractivity contribution in [3.63, 3.8) is 0 Å². The van der Waals surface area contributed by atoms with Gasteiger partial charge in [0.15, 0.2) is 5.82 Å². The maximum Gasteiger partial charge on any atom is 0.387 e. The Kier molecular flexibility index (Phi) is 5.50. The number of benzene rings is 2. The van der Waals surface area contributed by atoms with E-state index in [-0.39, 0.29) is 5.75 Å². The van der Waals surface area contributed by atoms with E-state index in [1.54, 1.807) is 12.1 Å². The lowest BCUT2D eigenvalue weighted by molar-refractivity contribution is -0.0508. The van der Waals surface area contributed by atoms with E-state index in [1.807, 2.05) is 42.6 Å². The monoisotopic (exact) mass is 401 g/mol. The number of halogens is 3. The molecule has 0 atom stereocenters. The molecule has 1 aromatic heterocycles. The van der Waals surface area contributed by atoms with Crippen molar-refractivity contribution in [1.82, 2.24) is 14.9 Å². The van der Waals surface area contributed by atoms with E-state index in [0.717, 1.165) is 35.3 Å². The molecule has 0 unspecified atom stereocenters. The SMILES string of the molecule is FC(F)Oc1ccccc1CN1CCc2nc(-c3ccc(Cl)cc3)ncc2C1. The molecule has 0 saturated heterocycles. The average molecular weight is 402 g/mol. The molecule has 1 aliphatic rings. The number of ether oxygens (including phenoxy) is 1. The summed E-state index contributed by atoms with van der Waals surface area (Å²) < 4.78 is 29.9. The summed E-state index contributed by atoms with van der Waals surface area (Å²) >= 11 is 5.94. The van der Waals surface area contributed by atoms with Crippen molar-refractivity contribution in [2.75, 3.05) is 6.54 Å². The van der Waals surface area contributed by atoms with Crippen LogP contribution in [0.1, 0.15) is 16.8 Å². The summed E-state index contributed by atoms with van der Waals surface area (Å²) in [5.74, 6) is 0.900. The highest BCUT2D eigenvalue weighted by Gasteiger charge is 2.20. The van der Waals surface area contributed by atoms with Gasteiger partial charge in [0.25, 0.3) is 0 Å². The first-order valence-corrected chi connectivity index (χ1v) is 9.32. The van der Waals surface area contributed by atoms with Gasteiger partial charge in [-0.1, -0.05) is 29.8 Å². The first-order chi connectivity index (χ1) is 13.6. The van der Waals surface area contributed by atoms with Crippen LogP contribution in [0.4, 0.5) is 8.78 Å². The summed E-state index contributed by atoms with van der Waals surface area (Å²) in [6.45, 7) is -0.851. The van der Waals surface area contributed by atoms with Crippen LogP contribution in [0.5, 0.6) is 5.75 Å². The van der Waals surface area contributed by atoms with Gasteiger partial charge in [0.05, 0.1) is 5.69 Å². The minimum atomic E-state index is -2.83. The molecule has 4 rings (SSSR count). The van der Waals surface area contributed by atoms with Crippen LogP contribution < -0.4 is 4.74 Å². The van der Waals surface area contributed by atoms with E-state index < -0.39 is 6.61 Å². The van der Waals surface area contributed by atoms with Gasteiger partial charge in [-0.05, 0) is 30.3 Å². The third-order valence-electron chi connectivity index (χ3n) is 4.70. The number of para-hydroxylation sites is 1. The fraction of sp³-hybridized carbons (Fsp3) is 0.238.